The molecular weight excluding hydrogens is 406 g/mol. The van der Waals surface area contributed by atoms with Crippen molar-refractivity contribution < 1.29 is 19.1 Å². The summed E-state index contributed by atoms with van der Waals surface area (Å²) < 4.78 is 5.13. The molecule has 0 aromatic heterocycles. The van der Waals surface area contributed by atoms with Crippen LogP contribution in [0.2, 0.25) is 5.02 Å². The van der Waals surface area contributed by atoms with Gasteiger partial charge in [-0.05, 0) is 42.8 Å². The zero-order valence-electron chi connectivity index (χ0n) is 15.0. The number of nitrogens with one attached hydrogen (secondary N) is 1. The number of ketones is 1. The minimum atomic E-state index is -0.660. The first-order valence-electron chi connectivity index (χ1n) is 7.85. The first kappa shape index (κ1) is 21.3. The van der Waals surface area contributed by atoms with Crippen molar-refractivity contribution in [3.05, 3.63) is 52.5 Å². The number of hydrogen-bond donors (Lipinski definition) is 1. The molecule has 0 atom stereocenters. The van der Waals surface area contributed by atoms with Gasteiger partial charge in [-0.15, -0.1) is 23.5 Å². The molecule has 5 nitrogen and oxygen atoms in total. The number of thioether (sulfide) groups is 2. The number of Topliss-reactive ketones (excluding diaryl/α,β-unsaturated/α-hetero) is 1. The molecule has 0 aliphatic rings. The maximum absolute atomic E-state index is 12.4. The van der Waals surface area contributed by atoms with E-state index < -0.39 is 12.6 Å². The van der Waals surface area contributed by atoms with Crippen LogP contribution in [0.3, 0.4) is 0 Å². The van der Waals surface area contributed by atoms with E-state index in [0.717, 1.165) is 9.79 Å². The summed E-state index contributed by atoms with van der Waals surface area (Å²) in [7, 11) is 0. The molecule has 1 amide bonds. The fourth-order valence-electron chi connectivity index (χ4n) is 2.25. The highest BCUT2D eigenvalue weighted by atomic mass is 35.5. The van der Waals surface area contributed by atoms with E-state index in [4.69, 9.17) is 16.3 Å². The lowest BCUT2D eigenvalue weighted by Crippen LogP contribution is -2.15. The lowest BCUT2D eigenvalue weighted by molar-refractivity contribution is -0.114. The van der Waals surface area contributed by atoms with Crippen molar-refractivity contribution >= 4 is 58.5 Å². The molecule has 0 saturated carbocycles. The van der Waals surface area contributed by atoms with Gasteiger partial charge in [0.15, 0.2) is 12.4 Å². The summed E-state index contributed by atoms with van der Waals surface area (Å²) in [6, 6.07) is 9.99. The average Bonchev–Trinajstić information content (AvgIpc) is 2.65. The molecule has 0 bridgehead atoms. The minimum absolute atomic E-state index is 0.216. The first-order chi connectivity index (χ1) is 12.8. The number of amides is 1. The number of rotatable bonds is 7. The Kier molecular flexibility index (Phi) is 7.77. The molecule has 0 heterocycles. The summed E-state index contributed by atoms with van der Waals surface area (Å²) in [6.07, 6.45) is 3.75. The van der Waals surface area contributed by atoms with E-state index in [0.29, 0.717) is 11.3 Å². The van der Waals surface area contributed by atoms with Crippen molar-refractivity contribution in [2.45, 2.75) is 16.7 Å². The van der Waals surface area contributed by atoms with Crippen LogP contribution in [-0.4, -0.2) is 36.8 Å². The zero-order chi connectivity index (χ0) is 20.0. The lowest BCUT2D eigenvalue weighted by Gasteiger charge is -2.11. The van der Waals surface area contributed by atoms with Crippen LogP contribution in [0.25, 0.3) is 0 Å². The van der Waals surface area contributed by atoms with E-state index in [1.165, 1.54) is 30.4 Å². The Morgan fingerprint density at radius 1 is 1.07 bits per heavy atom. The highest BCUT2D eigenvalue weighted by molar-refractivity contribution is 7.99. The van der Waals surface area contributed by atoms with Gasteiger partial charge in [0.25, 0.3) is 0 Å². The fourth-order valence-corrected chi connectivity index (χ4v) is 3.42. The van der Waals surface area contributed by atoms with Crippen molar-refractivity contribution in [2.75, 3.05) is 24.4 Å². The molecule has 0 radical (unpaired) electrons. The molecule has 27 heavy (non-hydrogen) atoms. The topological polar surface area (TPSA) is 72.5 Å². The summed E-state index contributed by atoms with van der Waals surface area (Å²) in [5, 5.41) is 2.96. The number of halogens is 1. The van der Waals surface area contributed by atoms with Gasteiger partial charge in [-0.1, -0.05) is 17.7 Å². The van der Waals surface area contributed by atoms with Gasteiger partial charge in [0.05, 0.1) is 16.3 Å². The SMILES string of the molecule is CSc1ccc(Cl)c(C(=O)OCC(=O)c2ccc(SC)c(NC(C)=O)c2)c1. The zero-order valence-corrected chi connectivity index (χ0v) is 17.4. The Morgan fingerprint density at radius 2 is 1.81 bits per heavy atom. The summed E-state index contributed by atoms with van der Waals surface area (Å²) in [4.78, 5) is 37.7. The van der Waals surface area contributed by atoms with E-state index in [1.807, 2.05) is 12.5 Å². The van der Waals surface area contributed by atoms with E-state index in [-0.39, 0.29) is 22.3 Å². The Morgan fingerprint density at radius 3 is 2.44 bits per heavy atom. The van der Waals surface area contributed by atoms with Crippen molar-refractivity contribution in [1.29, 1.82) is 0 Å². The number of benzene rings is 2. The Bertz CT molecular complexity index is 886. The molecular formula is C19H18ClNO4S2. The molecule has 2 aromatic rings. The highest BCUT2D eigenvalue weighted by Crippen LogP contribution is 2.27. The van der Waals surface area contributed by atoms with Crippen LogP contribution in [0.4, 0.5) is 5.69 Å². The van der Waals surface area contributed by atoms with Crippen LogP contribution in [0.5, 0.6) is 0 Å². The second kappa shape index (κ2) is 9.82. The molecule has 0 aliphatic heterocycles. The van der Waals surface area contributed by atoms with Gasteiger partial charge < -0.3 is 10.1 Å². The largest absolute Gasteiger partial charge is 0.454 e. The second-order valence-corrected chi connectivity index (χ2v) is 7.58. The molecule has 0 unspecified atom stereocenters. The van der Waals surface area contributed by atoms with Crippen molar-refractivity contribution in [3.63, 3.8) is 0 Å². The number of anilines is 1. The molecule has 2 aromatic carbocycles. The summed E-state index contributed by atoms with van der Waals surface area (Å²) in [5.41, 5.74) is 1.10. The van der Waals surface area contributed by atoms with Crippen LogP contribution in [0, 0.1) is 0 Å². The molecule has 8 heteroatoms. The molecule has 0 spiro atoms. The maximum Gasteiger partial charge on any atom is 0.340 e. The van der Waals surface area contributed by atoms with Gasteiger partial charge in [0, 0.05) is 22.3 Å². The average molecular weight is 424 g/mol. The summed E-state index contributed by atoms with van der Waals surface area (Å²) >= 11 is 8.97. The number of ether oxygens (including phenoxy) is 1. The normalized spacial score (nSPS) is 10.4. The molecule has 0 saturated heterocycles. The lowest BCUT2D eigenvalue weighted by atomic mass is 10.1. The van der Waals surface area contributed by atoms with Gasteiger partial charge in [-0.2, -0.15) is 0 Å². The quantitative estimate of drug-likeness (QED) is 0.392. The first-order valence-corrected chi connectivity index (χ1v) is 10.7. The van der Waals surface area contributed by atoms with Crippen molar-refractivity contribution in [3.8, 4) is 0 Å². The Hall–Kier alpha value is -1.96. The summed E-state index contributed by atoms with van der Waals surface area (Å²) in [5.74, 6) is -1.27. The highest BCUT2D eigenvalue weighted by Gasteiger charge is 2.16. The minimum Gasteiger partial charge on any atom is -0.454 e. The van der Waals surface area contributed by atoms with Crippen LogP contribution >= 0.6 is 35.1 Å². The molecule has 142 valence electrons. The standard InChI is InChI=1S/C19H18ClNO4S2/c1-11(22)21-16-8-12(4-7-18(16)27-3)17(23)10-25-19(24)14-9-13(26-2)5-6-15(14)20/h4-9H,10H2,1-3H3,(H,21,22). The predicted molar refractivity (Wildman–Crippen MR) is 110 cm³/mol. The number of hydrogen-bond acceptors (Lipinski definition) is 6. The molecule has 1 N–H and O–H groups in total. The van der Waals surface area contributed by atoms with Gasteiger partial charge in [-0.3, -0.25) is 9.59 Å². The maximum atomic E-state index is 12.4. The van der Waals surface area contributed by atoms with Gasteiger partial charge >= 0.3 is 5.97 Å². The van der Waals surface area contributed by atoms with Crippen LogP contribution in [-0.2, 0) is 9.53 Å². The van der Waals surface area contributed by atoms with Crippen molar-refractivity contribution in [1.82, 2.24) is 0 Å². The molecule has 0 aliphatic carbocycles. The van der Waals surface area contributed by atoms with Crippen LogP contribution in [0.1, 0.15) is 27.6 Å². The Labute approximate surface area is 171 Å². The second-order valence-electron chi connectivity index (χ2n) is 5.44. The van der Waals surface area contributed by atoms with Gasteiger partial charge in [-0.25, -0.2) is 4.79 Å². The van der Waals surface area contributed by atoms with E-state index in [9.17, 15) is 14.4 Å². The number of esters is 1. The number of carbonyl (C=O) groups excluding carboxylic acids is 3. The van der Waals surface area contributed by atoms with Gasteiger partial charge in [0.1, 0.15) is 0 Å². The predicted octanol–water partition coefficient (Wildman–Crippen LogP) is 4.78. The molecule has 2 rings (SSSR count). The van der Waals surface area contributed by atoms with Crippen LogP contribution in [0.15, 0.2) is 46.2 Å². The monoisotopic (exact) mass is 423 g/mol. The Balaban J connectivity index is 2.11. The van der Waals surface area contributed by atoms with E-state index in [1.54, 1.807) is 36.4 Å². The smallest absolute Gasteiger partial charge is 0.340 e. The third kappa shape index (κ3) is 5.76. The van der Waals surface area contributed by atoms with Crippen LogP contribution < -0.4 is 5.32 Å². The van der Waals surface area contributed by atoms with E-state index >= 15 is 0 Å². The molecule has 0 fully saturated rings. The third-order valence-electron chi connectivity index (χ3n) is 3.56. The summed E-state index contributed by atoms with van der Waals surface area (Å²) in [6.45, 7) is 0.976. The van der Waals surface area contributed by atoms with E-state index in [2.05, 4.69) is 5.32 Å². The fraction of sp³-hybridized carbons (Fsp3) is 0.211. The van der Waals surface area contributed by atoms with Crippen molar-refractivity contribution in [2.24, 2.45) is 0 Å². The number of carbonyl (C=O) groups is 3. The third-order valence-corrected chi connectivity index (χ3v) is 5.41. The van der Waals surface area contributed by atoms with Gasteiger partial charge in [0.2, 0.25) is 5.91 Å².